The van der Waals surface area contributed by atoms with Crippen LogP contribution in [0.25, 0.3) is 0 Å². The number of hydrogen-bond donors (Lipinski definition) is 2. The standard InChI is InChI=1S/C19H28FN3O3/c1-14(2)23(9-3-11-24)18(25)12-17-19(26)21-8-10-22(17)13-15-4-6-16(20)7-5-15/h4-7,14,17,24H,3,8-13H2,1-2H3,(H,21,26)/t17-/m1/s1. The second kappa shape index (κ2) is 9.64. The summed E-state index contributed by atoms with van der Waals surface area (Å²) in [7, 11) is 0. The molecule has 0 aromatic heterocycles. The lowest BCUT2D eigenvalue weighted by molar-refractivity contribution is -0.140. The Kier molecular flexibility index (Phi) is 7.53. The number of hydrogen-bond acceptors (Lipinski definition) is 4. The number of rotatable bonds is 8. The fourth-order valence-electron chi connectivity index (χ4n) is 3.19. The van der Waals surface area contributed by atoms with E-state index in [-0.39, 0.29) is 36.7 Å². The zero-order valence-corrected chi connectivity index (χ0v) is 15.4. The molecule has 1 saturated heterocycles. The fourth-order valence-corrected chi connectivity index (χ4v) is 3.19. The third-order valence-electron chi connectivity index (χ3n) is 4.61. The molecule has 0 saturated carbocycles. The Labute approximate surface area is 154 Å². The predicted octanol–water partition coefficient (Wildman–Crippen LogP) is 1.14. The van der Waals surface area contributed by atoms with Crippen molar-refractivity contribution in [2.75, 3.05) is 26.2 Å². The van der Waals surface area contributed by atoms with Crippen LogP contribution < -0.4 is 5.32 Å². The van der Waals surface area contributed by atoms with E-state index in [0.29, 0.717) is 32.6 Å². The minimum Gasteiger partial charge on any atom is -0.396 e. The highest BCUT2D eigenvalue weighted by Crippen LogP contribution is 2.16. The van der Waals surface area contributed by atoms with E-state index in [2.05, 4.69) is 5.32 Å². The summed E-state index contributed by atoms with van der Waals surface area (Å²) in [5, 5.41) is 11.9. The van der Waals surface area contributed by atoms with Gasteiger partial charge in [-0.1, -0.05) is 12.1 Å². The molecular formula is C19H28FN3O3. The fraction of sp³-hybridized carbons (Fsp3) is 0.579. The molecule has 144 valence electrons. The summed E-state index contributed by atoms with van der Waals surface area (Å²) in [5.74, 6) is -0.550. The van der Waals surface area contributed by atoms with Crippen LogP contribution in [0.4, 0.5) is 4.39 Å². The number of nitrogens with one attached hydrogen (secondary N) is 1. The van der Waals surface area contributed by atoms with Gasteiger partial charge >= 0.3 is 0 Å². The van der Waals surface area contributed by atoms with Crippen LogP contribution >= 0.6 is 0 Å². The molecule has 2 amide bonds. The van der Waals surface area contributed by atoms with Crippen molar-refractivity contribution < 1.29 is 19.1 Å². The van der Waals surface area contributed by atoms with E-state index in [1.807, 2.05) is 18.7 Å². The Morgan fingerprint density at radius 2 is 2.08 bits per heavy atom. The first-order chi connectivity index (χ1) is 12.4. The summed E-state index contributed by atoms with van der Waals surface area (Å²) in [6.07, 6.45) is 0.608. The zero-order valence-electron chi connectivity index (χ0n) is 15.4. The van der Waals surface area contributed by atoms with E-state index >= 15 is 0 Å². The van der Waals surface area contributed by atoms with Crippen molar-refractivity contribution in [3.8, 4) is 0 Å². The minimum absolute atomic E-state index is 0.00579. The third kappa shape index (κ3) is 5.51. The maximum atomic E-state index is 13.1. The lowest BCUT2D eigenvalue weighted by Gasteiger charge is -2.36. The summed E-state index contributed by atoms with van der Waals surface area (Å²) < 4.78 is 13.1. The first kappa shape index (κ1) is 20.3. The normalized spacial score (nSPS) is 18.0. The molecule has 1 aliphatic heterocycles. The van der Waals surface area contributed by atoms with Crippen molar-refractivity contribution in [1.82, 2.24) is 15.1 Å². The molecule has 7 heteroatoms. The molecule has 0 bridgehead atoms. The van der Waals surface area contributed by atoms with Crippen LogP contribution in [-0.2, 0) is 16.1 Å². The SMILES string of the molecule is CC(C)N(CCCO)C(=O)C[C@@H]1C(=O)NCCN1Cc1ccc(F)cc1. The molecule has 1 heterocycles. The Morgan fingerprint density at radius 3 is 2.69 bits per heavy atom. The second-order valence-electron chi connectivity index (χ2n) is 6.87. The maximum Gasteiger partial charge on any atom is 0.237 e. The molecule has 0 unspecified atom stereocenters. The number of aliphatic hydroxyl groups excluding tert-OH is 1. The van der Waals surface area contributed by atoms with Gasteiger partial charge in [-0.2, -0.15) is 0 Å². The van der Waals surface area contributed by atoms with Crippen molar-refractivity contribution >= 4 is 11.8 Å². The Morgan fingerprint density at radius 1 is 1.38 bits per heavy atom. The molecule has 2 rings (SSSR count). The van der Waals surface area contributed by atoms with E-state index in [1.54, 1.807) is 17.0 Å². The van der Waals surface area contributed by atoms with Crippen molar-refractivity contribution in [1.29, 1.82) is 0 Å². The average molecular weight is 365 g/mol. The van der Waals surface area contributed by atoms with Crippen LogP contribution in [0.15, 0.2) is 24.3 Å². The van der Waals surface area contributed by atoms with Crippen molar-refractivity contribution in [2.24, 2.45) is 0 Å². The van der Waals surface area contributed by atoms with Crippen LogP contribution in [-0.4, -0.2) is 65.0 Å². The Balaban J connectivity index is 2.07. The molecule has 0 aliphatic carbocycles. The van der Waals surface area contributed by atoms with Gasteiger partial charge in [0.05, 0.1) is 12.5 Å². The van der Waals surface area contributed by atoms with Gasteiger partial charge in [0.1, 0.15) is 5.82 Å². The van der Waals surface area contributed by atoms with Crippen LogP contribution in [0.2, 0.25) is 0 Å². The van der Waals surface area contributed by atoms with Crippen molar-refractivity contribution in [3.63, 3.8) is 0 Å². The zero-order chi connectivity index (χ0) is 19.1. The highest BCUT2D eigenvalue weighted by molar-refractivity contribution is 5.89. The minimum atomic E-state index is -0.545. The highest BCUT2D eigenvalue weighted by Gasteiger charge is 2.33. The topological polar surface area (TPSA) is 72.9 Å². The van der Waals surface area contributed by atoms with Gasteiger partial charge in [0.25, 0.3) is 0 Å². The molecule has 1 aromatic carbocycles. The summed E-state index contributed by atoms with van der Waals surface area (Å²) >= 11 is 0. The third-order valence-corrected chi connectivity index (χ3v) is 4.61. The molecule has 0 spiro atoms. The number of amides is 2. The van der Waals surface area contributed by atoms with Crippen LogP contribution in [0.1, 0.15) is 32.3 Å². The molecular weight excluding hydrogens is 337 g/mol. The van der Waals surface area contributed by atoms with Gasteiger partial charge in [0.2, 0.25) is 11.8 Å². The van der Waals surface area contributed by atoms with Crippen molar-refractivity contribution in [3.05, 3.63) is 35.6 Å². The number of halogens is 1. The van der Waals surface area contributed by atoms with E-state index in [4.69, 9.17) is 5.11 Å². The molecule has 2 N–H and O–H groups in total. The number of piperazine rings is 1. The van der Waals surface area contributed by atoms with Gasteiger partial charge in [-0.3, -0.25) is 14.5 Å². The van der Waals surface area contributed by atoms with Gasteiger partial charge < -0.3 is 15.3 Å². The predicted molar refractivity (Wildman–Crippen MR) is 96.8 cm³/mol. The number of nitrogens with zero attached hydrogens (tertiary/aromatic N) is 2. The molecule has 1 fully saturated rings. The summed E-state index contributed by atoms with van der Waals surface area (Å²) in [4.78, 5) is 28.8. The Hall–Kier alpha value is -1.99. The van der Waals surface area contributed by atoms with Crippen LogP contribution in [0, 0.1) is 5.82 Å². The number of aliphatic hydroxyl groups is 1. The lowest BCUT2D eigenvalue weighted by atomic mass is 10.1. The maximum absolute atomic E-state index is 13.1. The smallest absolute Gasteiger partial charge is 0.237 e. The molecule has 1 aliphatic rings. The number of benzene rings is 1. The monoisotopic (exact) mass is 365 g/mol. The summed E-state index contributed by atoms with van der Waals surface area (Å²) in [6.45, 7) is 6.00. The van der Waals surface area contributed by atoms with Crippen LogP contribution in [0.3, 0.4) is 0 Å². The molecule has 26 heavy (non-hydrogen) atoms. The van der Waals surface area contributed by atoms with E-state index < -0.39 is 6.04 Å². The van der Waals surface area contributed by atoms with Gasteiger partial charge in [0, 0.05) is 38.8 Å². The lowest BCUT2D eigenvalue weighted by Crippen LogP contribution is -2.56. The molecule has 1 atom stereocenters. The first-order valence-corrected chi connectivity index (χ1v) is 9.09. The van der Waals surface area contributed by atoms with Crippen LogP contribution in [0.5, 0.6) is 0 Å². The largest absolute Gasteiger partial charge is 0.396 e. The quantitative estimate of drug-likeness (QED) is 0.725. The molecule has 1 aromatic rings. The molecule has 0 radical (unpaired) electrons. The number of carbonyl (C=O) groups is 2. The average Bonchev–Trinajstić information content (AvgIpc) is 2.60. The van der Waals surface area contributed by atoms with Gasteiger partial charge in [-0.05, 0) is 38.0 Å². The van der Waals surface area contributed by atoms with Gasteiger partial charge in [0.15, 0.2) is 0 Å². The Bertz CT molecular complexity index is 607. The summed E-state index contributed by atoms with van der Waals surface area (Å²) in [6, 6.07) is 5.65. The van der Waals surface area contributed by atoms with Gasteiger partial charge in [-0.25, -0.2) is 4.39 Å². The highest BCUT2D eigenvalue weighted by atomic mass is 19.1. The summed E-state index contributed by atoms with van der Waals surface area (Å²) in [5.41, 5.74) is 0.902. The second-order valence-corrected chi connectivity index (χ2v) is 6.87. The van der Waals surface area contributed by atoms with Crippen molar-refractivity contribution in [2.45, 2.75) is 45.3 Å². The van der Waals surface area contributed by atoms with E-state index in [0.717, 1.165) is 5.56 Å². The first-order valence-electron chi connectivity index (χ1n) is 9.09. The number of carbonyl (C=O) groups excluding carboxylic acids is 2. The molecule has 6 nitrogen and oxygen atoms in total. The van der Waals surface area contributed by atoms with Gasteiger partial charge in [-0.15, -0.1) is 0 Å². The van der Waals surface area contributed by atoms with E-state index in [1.165, 1.54) is 12.1 Å². The van der Waals surface area contributed by atoms with E-state index in [9.17, 15) is 14.0 Å².